The largest absolute Gasteiger partial charge is 0.372 e. The molecule has 1 aliphatic heterocycles. The van der Waals surface area contributed by atoms with E-state index in [0.29, 0.717) is 18.6 Å². The second-order valence-electron chi connectivity index (χ2n) is 5.32. The Hall–Kier alpha value is -1.35. The van der Waals surface area contributed by atoms with Crippen LogP contribution in [-0.2, 0) is 9.53 Å². The van der Waals surface area contributed by atoms with E-state index in [2.05, 4.69) is 38.1 Å². The monoisotopic (exact) mass is 261 g/mol. The van der Waals surface area contributed by atoms with Gasteiger partial charge < -0.3 is 9.64 Å². The Bertz CT molecular complexity index is 444. The van der Waals surface area contributed by atoms with E-state index in [4.69, 9.17) is 4.74 Å². The molecule has 1 aromatic carbocycles. The summed E-state index contributed by atoms with van der Waals surface area (Å²) in [5.41, 5.74) is 2.69. The van der Waals surface area contributed by atoms with Crippen molar-refractivity contribution in [3.8, 4) is 0 Å². The first kappa shape index (κ1) is 14.1. The molecule has 0 radical (unpaired) electrons. The Balaban J connectivity index is 2.05. The number of likely N-dealkylation sites (tertiary alicyclic amines) is 1. The number of aryl methyl sites for hydroxylation is 1. The highest BCUT2D eigenvalue weighted by Crippen LogP contribution is 2.33. The van der Waals surface area contributed by atoms with Crippen LogP contribution in [0.4, 0.5) is 0 Å². The van der Waals surface area contributed by atoms with Gasteiger partial charge >= 0.3 is 0 Å². The maximum atomic E-state index is 12.1. The van der Waals surface area contributed by atoms with E-state index in [1.165, 1.54) is 11.1 Å². The standard InChI is InChI=1S/C16H23NO2/c1-4-19-11-16(18)17-10-14(9-13(17)3)15-8-6-5-7-12(15)2/h5-8,13-14H,4,9-11H2,1-3H3/t13-,14-/m1/s1. The van der Waals surface area contributed by atoms with Crippen molar-refractivity contribution in [3.63, 3.8) is 0 Å². The molecule has 1 fully saturated rings. The number of ether oxygens (including phenoxy) is 1. The Morgan fingerprint density at radius 2 is 2.16 bits per heavy atom. The van der Waals surface area contributed by atoms with E-state index in [9.17, 15) is 4.79 Å². The number of benzene rings is 1. The molecule has 0 N–H and O–H groups in total. The van der Waals surface area contributed by atoms with Gasteiger partial charge in [-0.25, -0.2) is 0 Å². The predicted octanol–water partition coefficient (Wildman–Crippen LogP) is 2.74. The highest BCUT2D eigenvalue weighted by molar-refractivity contribution is 5.78. The highest BCUT2D eigenvalue weighted by Gasteiger charge is 2.33. The third-order valence-corrected chi connectivity index (χ3v) is 3.95. The van der Waals surface area contributed by atoms with E-state index in [-0.39, 0.29) is 12.5 Å². The minimum Gasteiger partial charge on any atom is -0.372 e. The Morgan fingerprint density at radius 3 is 2.84 bits per heavy atom. The summed E-state index contributed by atoms with van der Waals surface area (Å²) in [6.45, 7) is 7.80. The summed E-state index contributed by atoms with van der Waals surface area (Å²) < 4.78 is 5.23. The minimum absolute atomic E-state index is 0.116. The fourth-order valence-electron chi connectivity index (χ4n) is 2.92. The van der Waals surface area contributed by atoms with E-state index in [1.54, 1.807) is 0 Å². The molecule has 0 spiro atoms. The van der Waals surface area contributed by atoms with Gasteiger partial charge in [0, 0.05) is 25.1 Å². The molecule has 3 heteroatoms. The number of amides is 1. The van der Waals surface area contributed by atoms with Gasteiger partial charge in [-0.1, -0.05) is 24.3 Å². The first-order valence-electron chi connectivity index (χ1n) is 7.06. The van der Waals surface area contributed by atoms with Gasteiger partial charge in [0.1, 0.15) is 6.61 Å². The summed E-state index contributed by atoms with van der Waals surface area (Å²) in [6.07, 6.45) is 1.04. The number of rotatable bonds is 4. The van der Waals surface area contributed by atoms with Crippen LogP contribution in [0.1, 0.15) is 37.3 Å². The number of carbonyl (C=O) groups excluding carboxylic acids is 1. The van der Waals surface area contributed by atoms with Crippen LogP contribution in [0.5, 0.6) is 0 Å². The smallest absolute Gasteiger partial charge is 0.248 e. The van der Waals surface area contributed by atoms with Crippen LogP contribution in [0, 0.1) is 6.92 Å². The molecule has 1 aromatic rings. The molecular weight excluding hydrogens is 238 g/mol. The van der Waals surface area contributed by atoms with Gasteiger partial charge in [0.25, 0.3) is 0 Å². The van der Waals surface area contributed by atoms with Gasteiger partial charge in [-0.05, 0) is 38.3 Å². The van der Waals surface area contributed by atoms with Crippen molar-refractivity contribution in [1.82, 2.24) is 4.90 Å². The predicted molar refractivity (Wildman–Crippen MR) is 76.2 cm³/mol. The summed E-state index contributed by atoms with van der Waals surface area (Å²) in [6, 6.07) is 8.78. The van der Waals surface area contributed by atoms with Crippen LogP contribution in [0.3, 0.4) is 0 Å². The Morgan fingerprint density at radius 1 is 1.42 bits per heavy atom. The molecule has 104 valence electrons. The minimum atomic E-state index is 0.116. The van der Waals surface area contributed by atoms with Gasteiger partial charge in [-0.3, -0.25) is 4.79 Å². The molecule has 1 saturated heterocycles. The average molecular weight is 261 g/mol. The van der Waals surface area contributed by atoms with E-state index >= 15 is 0 Å². The summed E-state index contributed by atoms with van der Waals surface area (Å²) in [5.74, 6) is 0.576. The lowest BCUT2D eigenvalue weighted by Crippen LogP contribution is -2.36. The van der Waals surface area contributed by atoms with E-state index < -0.39 is 0 Å². The van der Waals surface area contributed by atoms with Crippen LogP contribution in [-0.4, -0.2) is 36.6 Å². The molecule has 0 bridgehead atoms. The lowest BCUT2D eigenvalue weighted by Gasteiger charge is -2.21. The van der Waals surface area contributed by atoms with Crippen molar-refractivity contribution in [2.45, 2.75) is 39.2 Å². The molecule has 0 aliphatic carbocycles. The topological polar surface area (TPSA) is 29.5 Å². The van der Waals surface area contributed by atoms with Crippen molar-refractivity contribution >= 4 is 5.91 Å². The molecule has 3 nitrogen and oxygen atoms in total. The highest BCUT2D eigenvalue weighted by atomic mass is 16.5. The molecule has 0 saturated carbocycles. The summed E-state index contributed by atoms with van der Waals surface area (Å²) in [7, 11) is 0. The first-order chi connectivity index (χ1) is 9.13. The first-order valence-corrected chi connectivity index (χ1v) is 7.06. The number of hydrogen-bond acceptors (Lipinski definition) is 2. The lowest BCUT2D eigenvalue weighted by atomic mass is 9.93. The molecule has 1 heterocycles. The van der Waals surface area contributed by atoms with Crippen molar-refractivity contribution < 1.29 is 9.53 Å². The number of nitrogens with zero attached hydrogens (tertiary/aromatic N) is 1. The summed E-state index contributed by atoms with van der Waals surface area (Å²) >= 11 is 0. The molecule has 1 aliphatic rings. The normalized spacial score (nSPS) is 22.8. The second kappa shape index (κ2) is 6.20. The lowest BCUT2D eigenvalue weighted by molar-refractivity contribution is -0.136. The zero-order valence-electron chi connectivity index (χ0n) is 12.1. The van der Waals surface area contributed by atoms with Crippen LogP contribution >= 0.6 is 0 Å². The quantitative estimate of drug-likeness (QED) is 0.834. The van der Waals surface area contributed by atoms with Crippen LogP contribution in [0.2, 0.25) is 0 Å². The van der Waals surface area contributed by atoms with Crippen molar-refractivity contribution in [3.05, 3.63) is 35.4 Å². The van der Waals surface area contributed by atoms with Gasteiger partial charge in [-0.15, -0.1) is 0 Å². The van der Waals surface area contributed by atoms with E-state index in [1.807, 2.05) is 11.8 Å². The fourth-order valence-corrected chi connectivity index (χ4v) is 2.92. The Labute approximate surface area is 115 Å². The third-order valence-electron chi connectivity index (χ3n) is 3.95. The molecule has 19 heavy (non-hydrogen) atoms. The van der Waals surface area contributed by atoms with Gasteiger partial charge in [0.2, 0.25) is 5.91 Å². The zero-order valence-corrected chi connectivity index (χ0v) is 12.1. The fraction of sp³-hybridized carbons (Fsp3) is 0.562. The van der Waals surface area contributed by atoms with Crippen molar-refractivity contribution in [2.24, 2.45) is 0 Å². The molecule has 0 unspecified atom stereocenters. The number of hydrogen-bond donors (Lipinski definition) is 0. The molecule has 1 amide bonds. The van der Waals surface area contributed by atoms with Crippen molar-refractivity contribution in [2.75, 3.05) is 19.8 Å². The molecule has 2 rings (SSSR count). The van der Waals surface area contributed by atoms with Gasteiger partial charge in [0.05, 0.1) is 0 Å². The molecule has 0 aromatic heterocycles. The van der Waals surface area contributed by atoms with Crippen molar-refractivity contribution in [1.29, 1.82) is 0 Å². The molecule has 2 atom stereocenters. The summed E-state index contributed by atoms with van der Waals surface area (Å²) in [4.78, 5) is 14.0. The maximum Gasteiger partial charge on any atom is 0.248 e. The van der Waals surface area contributed by atoms with Crippen LogP contribution in [0.25, 0.3) is 0 Å². The number of carbonyl (C=O) groups is 1. The maximum absolute atomic E-state index is 12.1. The summed E-state index contributed by atoms with van der Waals surface area (Å²) in [5, 5.41) is 0. The van der Waals surface area contributed by atoms with Gasteiger partial charge in [-0.2, -0.15) is 0 Å². The third kappa shape index (κ3) is 3.16. The molecular formula is C16H23NO2. The SMILES string of the molecule is CCOCC(=O)N1C[C@H](c2ccccc2C)C[C@H]1C. The second-order valence-corrected chi connectivity index (χ2v) is 5.32. The van der Waals surface area contributed by atoms with Crippen LogP contribution < -0.4 is 0 Å². The Kier molecular flexibility index (Phi) is 4.59. The van der Waals surface area contributed by atoms with Crippen LogP contribution in [0.15, 0.2) is 24.3 Å². The average Bonchev–Trinajstić information content (AvgIpc) is 2.78. The van der Waals surface area contributed by atoms with E-state index in [0.717, 1.165) is 13.0 Å². The van der Waals surface area contributed by atoms with Gasteiger partial charge in [0.15, 0.2) is 0 Å². The zero-order chi connectivity index (χ0) is 13.8.